The molecule has 2 aliphatic rings. The molecule has 1 heterocycles. The van der Waals surface area contributed by atoms with Gasteiger partial charge in [0.2, 0.25) is 0 Å². The number of hydrogen-bond acceptors (Lipinski definition) is 3. The van der Waals surface area contributed by atoms with E-state index in [1.165, 1.54) is 19.3 Å². The molecule has 1 saturated heterocycles. The number of ether oxygens (including phenoxy) is 1. The molecule has 0 saturated carbocycles. The Bertz CT molecular complexity index is 530. The largest absolute Gasteiger partial charge is 0.481 e. The highest BCUT2D eigenvalue weighted by molar-refractivity contribution is 6.07. The zero-order valence-electron chi connectivity index (χ0n) is 14.4. The number of allylic oxidation sites excluding steroid dienone is 5. The topological polar surface area (TPSA) is 66.9 Å². The van der Waals surface area contributed by atoms with Crippen molar-refractivity contribution >= 4 is 11.8 Å². The Morgan fingerprint density at radius 1 is 1.29 bits per heavy atom. The van der Waals surface area contributed by atoms with Gasteiger partial charge in [-0.25, -0.2) is 0 Å². The van der Waals surface area contributed by atoms with Crippen LogP contribution in [-0.4, -0.2) is 29.1 Å². The number of aliphatic carboxylic acids is 1. The SMILES string of the molecule is CCCCC/C=C\C[C@H]1C=CC(=O)/C1=C/[C@H]1O[C@@H]1CCCC(=O)O. The molecule has 0 aromatic heterocycles. The highest BCUT2D eigenvalue weighted by atomic mass is 16.6. The first-order valence-electron chi connectivity index (χ1n) is 9.08. The number of carboxylic acid groups (broad SMARTS) is 1. The van der Waals surface area contributed by atoms with E-state index in [0.29, 0.717) is 6.42 Å². The van der Waals surface area contributed by atoms with Crippen LogP contribution in [0.1, 0.15) is 58.3 Å². The lowest BCUT2D eigenvalue weighted by molar-refractivity contribution is -0.137. The molecule has 0 spiro atoms. The molecule has 0 radical (unpaired) electrons. The van der Waals surface area contributed by atoms with E-state index in [-0.39, 0.29) is 30.3 Å². The second-order valence-electron chi connectivity index (χ2n) is 6.58. The van der Waals surface area contributed by atoms with E-state index >= 15 is 0 Å². The number of carboxylic acids is 1. The maximum Gasteiger partial charge on any atom is 0.303 e. The summed E-state index contributed by atoms with van der Waals surface area (Å²) in [6.45, 7) is 2.20. The van der Waals surface area contributed by atoms with Gasteiger partial charge in [0.15, 0.2) is 5.78 Å². The van der Waals surface area contributed by atoms with Crippen molar-refractivity contribution in [3.8, 4) is 0 Å². The number of rotatable bonds is 11. The number of ketones is 1. The lowest BCUT2D eigenvalue weighted by atomic mass is 9.96. The molecule has 1 aliphatic heterocycles. The van der Waals surface area contributed by atoms with Crippen LogP contribution < -0.4 is 0 Å². The average Bonchev–Trinajstić information content (AvgIpc) is 3.19. The van der Waals surface area contributed by atoms with Crippen LogP contribution in [0.25, 0.3) is 0 Å². The Labute approximate surface area is 144 Å². The quantitative estimate of drug-likeness (QED) is 0.266. The molecule has 4 nitrogen and oxygen atoms in total. The molecule has 24 heavy (non-hydrogen) atoms. The van der Waals surface area contributed by atoms with E-state index < -0.39 is 5.97 Å². The molecule has 0 unspecified atom stereocenters. The second-order valence-corrected chi connectivity index (χ2v) is 6.58. The van der Waals surface area contributed by atoms with Gasteiger partial charge in [0.25, 0.3) is 0 Å². The molecule has 4 heteroatoms. The Kier molecular flexibility index (Phi) is 7.44. The van der Waals surface area contributed by atoms with Crippen molar-refractivity contribution in [2.75, 3.05) is 0 Å². The molecule has 3 atom stereocenters. The molecule has 132 valence electrons. The standard InChI is InChI=1S/C20H28O4/c1-2-3-4-5-6-7-9-15-12-13-17(21)16(15)14-19-18(24-19)10-8-11-20(22)23/h6-7,12-15,18-19H,2-5,8-11H2,1H3,(H,22,23)/b7-6-,16-14+/t15-,18+,19+/m0/s1. The van der Waals surface area contributed by atoms with Crippen molar-refractivity contribution < 1.29 is 19.4 Å². The first-order valence-corrected chi connectivity index (χ1v) is 9.08. The van der Waals surface area contributed by atoms with Crippen LogP contribution in [0.5, 0.6) is 0 Å². The van der Waals surface area contributed by atoms with E-state index in [1.54, 1.807) is 6.08 Å². The minimum absolute atomic E-state index is 0.0197. The van der Waals surface area contributed by atoms with Crippen molar-refractivity contribution in [2.24, 2.45) is 5.92 Å². The van der Waals surface area contributed by atoms with Gasteiger partial charge in [0, 0.05) is 17.9 Å². The zero-order chi connectivity index (χ0) is 17.4. The third-order valence-electron chi connectivity index (χ3n) is 4.54. The van der Waals surface area contributed by atoms with Gasteiger partial charge in [-0.05, 0) is 44.3 Å². The van der Waals surface area contributed by atoms with Crippen molar-refractivity contribution in [3.05, 3.63) is 36.0 Å². The van der Waals surface area contributed by atoms with Gasteiger partial charge in [0.1, 0.15) is 6.10 Å². The summed E-state index contributed by atoms with van der Waals surface area (Å²) in [5, 5.41) is 8.65. The van der Waals surface area contributed by atoms with E-state index in [2.05, 4.69) is 19.1 Å². The van der Waals surface area contributed by atoms with Crippen molar-refractivity contribution in [1.29, 1.82) is 0 Å². The van der Waals surface area contributed by atoms with Crippen molar-refractivity contribution in [3.63, 3.8) is 0 Å². The Hall–Kier alpha value is -1.68. The maximum absolute atomic E-state index is 12.0. The summed E-state index contributed by atoms with van der Waals surface area (Å²) in [5.74, 6) is -0.533. The molecule has 1 fully saturated rings. The zero-order valence-corrected chi connectivity index (χ0v) is 14.4. The molecule has 1 aliphatic carbocycles. The third-order valence-corrected chi connectivity index (χ3v) is 4.54. The number of hydrogen-bond donors (Lipinski definition) is 1. The summed E-state index contributed by atoms with van der Waals surface area (Å²) >= 11 is 0. The molecule has 0 bridgehead atoms. The highest BCUT2D eigenvalue weighted by Gasteiger charge is 2.38. The molecular formula is C20H28O4. The fraction of sp³-hybridized carbons (Fsp3) is 0.600. The van der Waals surface area contributed by atoms with Crippen LogP contribution in [0, 0.1) is 5.92 Å². The van der Waals surface area contributed by atoms with Crippen LogP contribution in [0.15, 0.2) is 36.0 Å². The molecule has 1 N–H and O–H groups in total. The minimum atomic E-state index is -0.772. The smallest absolute Gasteiger partial charge is 0.303 e. The predicted octanol–water partition coefficient (Wildman–Crippen LogP) is 4.22. The maximum atomic E-state index is 12.0. The molecule has 0 aromatic rings. The lowest BCUT2D eigenvalue weighted by Gasteiger charge is -2.06. The van der Waals surface area contributed by atoms with Gasteiger partial charge in [-0.3, -0.25) is 9.59 Å². The monoisotopic (exact) mass is 332 g/mol. The van der Waals surface area contributed by atoms with Crippen LogP contribution in [0.4, 0.5) is 0 Å². The van der Waals surface area contributed by atoms with Gasteiger partial charge < -0.3 is 9.84 Å². The molecule has 0 aromatic carbocycles. The van der Waals surface area contributed by atoms with Crippen molar-refractivity contribution in [1.82, 2.24) is 0 Å². The van der Waals surface area contributed by atoms with Gasteiger partial charge in [0.05, 0.1) is 6.10 Å². The summed E-state index contributed by atoms with van der Waals surface area (Å²) in [5.41, 5.74) is 0.832. The summed E-state index contributed by atoms with van der Waals surface area (Å²) in [4.78, 5) is 22.5. The van der Waals surface area contributed by atoms with E-state index in [0.717, 1.165) is 24.8 Å². The van der Waals surface area contributed by atoms with Crippen LogP contribution in [0.2, 0.25) is 0 Å². The Balaban J connectivity index is 1.76. The van der Waals surface area contributed by atoms with Gasteiger partial charge in [-0.1, -0.05) is 38.0 Å². The Morgan fingerprint density at radius 3 is 2.88 bits per heavy atom. The summed E-state index contributed by atoms with van der Waals surface area (Å²) in [7, 11) is 0. The van der Waals surface area contributed by atoms with E-state index in [1.807, 2.05) is 12.2 Å². The summed E-state index contributed by atoms with van der Waals surface area (Å²) in [6.07, 6.45) is 17.3. The third kappa shape index (κ3) is 6.08. The Morgan fingerprint density at radius 2 is 2.12 bits per heavy atom. The first kappa shape index (κ1) is 18.7. The number of epoxide rings is 1. The predicted molar refractivity (Wildman–Crippen MR) is 93.8 cm³/mol. The van der Waals surface area contributed by atoms with E-state index in [4.69, 9.17) is 9.84 Å². The average molecular weight is 332 g/mol. The fourth-order valence-electron chi connectivity index (χ4n) is 3.04. The lowest BCUT2D eigenvalue weighted by Crippen LogP contribution is -2.05. The van der Waals surface area contributed by atoms with Gasteiger partial charge in [-0.2, -0.15) is 0 Å². The van der Waals surface area contributed by atoms with Crippen molar-refractivity contribution in [2.45, 2.75) is 70.5 Å². The fourth-order valence-corrected chi connectivity index (χ4v) is 3.04. The summed E-state index contributed by atoms with van der Waals surface area (Å²) < 4.78 is 5.56. The number of carbonyl (C=O) groups excluding carboxylic acids is 1. The molecular weight excluding hydrogens is 304 g/mol. The van der Waals surface area contributed by atoms with E-state index in [9.17, 15) is 9.59 Å². The normalized spacial score (nSPS) is 27.5. The number of carbonyl (C=O) groups is 2. The minimum Gasteiger partial charge on any atom is -0.481 e. The molecule has 2 rings (SSSR count). The van der Waals surface area contributed by atoms with Gasteiger partial charge >= 0.3 is 5.97 Å². The van der Waals surface area contributed by atoms with Crippen LogP contribution in [0.3, 0.4) is 0 Å². The van der Waals surface area contributed by atoms with Gasteiger partial charge in [-0.15, -0.1) is 0 Å². The highest BCUT2D eigenvalue weighted by Crippen LogP contribution is 2.33. The van der Waals surface area contributed by atoms with Crippen LogP contribution >= 0.6 is 0 Å². The number of unbranched alkanes of at least 4 members (excludes halogenated alkanes) is 3. The second kappa shape index (κ2) is 9.58. The van der Waals surface area contributed by atoms with Crippen LogP contribution in [-0.2, 0) is 14.3 Å². The summed E-state index contributed by atoms with van der Waals surface area (Å²) in [6, 6.07) is 0. The first-order chi connectivity index (χ1) is 11.6. The molecule has 0 amide bonds.